The van der Waals surface area contributed by atoms with Crippen LogP contribution >= 0.6 is 0 Å². The minimum atomic E-state index is -2.29. The summed E-state index contributed by atoms with van der Waals surface area (Å²) in [6.07, 6.45) is 1.85. The smallest absolute Gasteiger partial charge is 0.518 e. The Morgan fingerprint density at radius 2 is 1.82 bits per heavy atom. The molecule has 5 aromatic rings. The molecular formula is C39H41N3O2Pt. The van der Waals surface area contributed by atoms with E-state index in [1.165, 1.54) is 16.5 Å². The van der Waals surface area contributed by atoms with Crippen LogP contribution in [0, 0.1) is 19.1 Å². The van der Waals surface area contributed by atoms with Crippen molar-refractivity contribution >= 4 is 27.8 Å². The zero-order valence-corrected chi connectivity index (χ0v) is 29.6. The molecule has 6 heteroatoms. The van der Waals surface area contributed by atoms with E-state index in [2.05, 4.69) is 94.4 Å². The van der Waals surface area contributed by atoms with Crippen LogP contribution in [0.3, 0.4) is 0 Å². The normalized spacial score (nSPS) is 19.8. The summed E-state index contributed by atoms with van der Waals surface area (Å²) in [6, 6.07) is 22.0. The fraction of sp³-hybridized carbons (Fsp3) is 0.385. The zero-order valence-electron chi connectivity index (χ0n) is 30.4. The van der Waals surface area contributed by atoms with E-state index in [0.29, 0.717) is 17.1 Å². The standard InChI is InChI=1S/C39H41N3O2.Pt/c1-22(2)24-15-25(36-41-38(7,8)21-43-36)17-27(16-24)44-33-20-32-30(14-23(33)3)39(9,10)31-19-26(37(4,5)6)18-29-28-12-11-13-40-35(28)42(32)34(29)31;/h11-16,18-19,22H,21H2,1-10H3;/q-2;+2/i7D3;/t38-;/m0./s1. The summed E-state index contributed by atoms with van der Waals surface area (Å²) in [4.78, 5) is 9.40. The average Bonchev–Trinajstić information content (AvgIpc) is 3.56. The van der Waals surface area contributed by atoms with Gasteiger partial charge in [-0.1, -0.05) is 84.8 Å². The van der Waals surface area contributed by atoms with Gasteiger partial charge in [-0.25, -0.2) is 4.98 Å². The second kappa shape index (κ2) is 10.6. The minimum Gasteiger partial charge on any atom is -0.518 e. The third-order valence-electron chi connectivity index (χ3n) is 9.08. The van der Waals surface area contributed by atoms with E-state index < -0.39 is 12.4 Å². The number of aliphatic imine (C=N–C) groups is 1. The van der Waals surface area contributed by atoms with E-state index in [1.807, 2.05) is 31.3 Å². The first-order chi connectivity index (χ1) is 21.9. The summed E-state index contributed by atoms with van der Waals surface area (Å²) < 4.78 is 38.6. The van der Waals surface area contributed by atoms with Crippen molar-refractivity contribution in [1.29, 1.82) is 0 Å². The summed E-state index contributed by atoms with van der Waals surface area (Å²) in [5, 5.41) is 2.30. The Labute approximate surface area is 285 Å². The third kappa shape index (κ3) is 5.12. The molecule has 0 bridgehead atoms. The minimum absolute atomic E-state index is 0. The first-order valence-electron chi connectivity index (χ1n) is 16.9. The van der Waals surface area contributed by atoms with Crippen LogP contribution in [-0.4, -0.2) is 27.6 Å². The Morgan fingerprint density at radius 3 is 2.51 bits per heavy atom. The molecule has 2 aliphatic heterocycles. The fourth-order valence-corrected chi connectivity index (χ4v) is 6.44. The van der Waals surface area contributed by atoms with Crippen LogP contribution in [0.1, 0.15) is 106 Å². The number of rotatable bonds is 4. The van der Waals surface area contributed by atoms with E-state index in [0.717, 1.165) is 38.9 Å². The Hall–Kier alpha value is -3.43. The van der Waals surface area contributed by atoms with Crippen LogP contribution in [-0.2, 0) is 36.6 Å². The van der Waals surface area contributed by atoms with Crippen LogP contribution in [0.15, 0.2) is 53.7 Å². The largest absolute Gasteiger partial charge is 2.00 e. The van der Waals surface area contributed by atoms with Gasteiger partial charge in [0.2, 0.25) is 0 Å². The molecule has 5 nitrogen and oxygen atoms in total. The van der Waals surface area contributed by atoms with Crippen LogP contribution in [0.4, 0.5) is 0 Å². The van der Waals surface area contributed by atoms with Gasteiger partial charge in [0, 0.05) is 32.6 Å². The number of aryl methyl sites for hydroxylation is 1. The van der Waals surface area contributed by atoms with E-state index in [9.17, 15) is 0 Å². The first-order valence-corrected chi connectivity index (χ1v) is 15.4. The maximum Gasteiger partial charge on any atom is 2.00 e. The molecule has 4 heterocycles. The summed E-state index contributed by atoms with van der Waals surface area (Å²) in [5.41, 5.74) is 7.58. The molecule has 0 saturated heterocycles. The van der Waals surface area contributed by atoms with Gasteiger partial charge in [0.05, 0.1) is 11.1 Å². The predicted molar refractivity (Wildman–Crippen MR) is 179 cm³/mol. The first kappa shape index (κ1) is 27.8. The number of hydrogen-bond acceptors (Lipinski definition) is 4. The van der Waals surface area contributed by atoms with Gasteiger partial charge in [-0.15, -0.1) is 28.8 Å². The van der Waals surface area contributed by atoms with Crippen molar-refractivity contribution in [3.8, 4) is 17.2 Å². The predicted octanol–water partition coefficient (Wildman–Crippen LogP) is 9.49. The number of fused-ring (bicyclic) bond motifs is 5. The molecule has 0 saturated carbocycles. The molecule has 0 aliphatic carbocycles. The maximum absolute atomic E-state index is 7.97. The zero-order chi connectivity index (χ0) is 33.8. The molecular weight excluding hydrogens is 738 g/mol. The van der Waals surface area contributed by atoms with Gasteiger partial charge >= 0.3 is 21.1 Å². The van der Waals surface area contributed by atoms with Gasteiger partial charge in [0.15, 0.2) is 0 Å². The van der Waals surface area contributed by atoms with Crippen LogP contribution < -0.4 is 4.74 Å². The van der Waals surface area contributed by atoms with Gasteiger partial charge in [-0.2, -0.15) is 6.07 Å². The van der Waals surface area contributed by atoms with Crippen LogP contribution in [0.5, 0.6) is 11.5 Å². The molecule has 2 aliphatic rings. The van der Waals surface area contributed by atoms with Crippen molar-refractivity contribution in [3.05, 3.63) is 94.2 Å². The Balaban J connectivity index is 0.00000401. The van der Waals surface area contributed by atoms with Crippen molar-refractivity contribution in [1.82, 2.24) is 9.55 Å². The fourth-order valence-electron chi connectivity index (χ4n) is 6.44. The molecule has 0 fully saturated rings. The number of ether oxygens (including phenoxy) is 2. The van der Waals surface area contributed by atoms with E-state index >= 15 is 0 Å². The Bertz CT molecular complexity index is 2140. The SMILES string of the molecule is [2H]C([2H])([2H])[C@]1(C)COC(c2[c-]c(Oc3[c-]c4c(cc3C)C(C)(C)c3cc(C(C)(C)C)cc5c6cccnc6n-4c35)cc(C(C)C)c2)=N1.[Pt+2]. The summed E-state index contributed by atoms with van der Waals surface area (Å²) in [6.45, 7) is 16.9. The molecule has 0 N–H and O–H groups in total. The molecule has 7 rings (SSSR count). The number of hydrogen-bond donors (Lipinski definition) is 0. The molecule has 234 valence electrons. The van der Waals surface area contributed by atoms with Crippen molar-refractivity contribution in [2.75, 3.05) is 6.61 Å². The van der Waals surface area contributed by atoms with Crippen LogP contribution in [0.2, 0.25) is 0 Å². The van der Waals surface area contributed by atoms with Gasteiger partial charge in [-0.3, -0.25) is 4.99 Å². The number of pyridine rings is 1. The molecule has 0 spiro atoms. The summed E-state index contributed by atoms with van der Waals surface area (Å²) in [5.74, 6) is 1.52. The Kier molecular flexibility index (Phi) is 6.53. The van der Waals surface area contributed by atoms with E-state index in [4.69, 9.17) is 18.6 Å². The molecule has 0 radical (unpaired) electrons. The van der Waals surface area contributed by atoms with Crippen LogP contribution in [0.25, 0.3) is 27.6 Å². The van der Waals surface area contributed by atoms with Gasteiger partial charge in [0.1, 0.15) is 18.2 Å². The second-order valence-corrected chi connectivity index (χ2v) is 14.5. The maximum atomic E-state index is 7.97. The third-order valence-corrected chi connectivity index (χ3v) is 9.08. The summed E-state index contributed by atoms with van der Waals surface area (Å²) >= 11 is 0. The van der Waals surface area contributed by atoms with Crippen molar-refractivity contribution in [3.63, 3.8) is 0 Å². The molecule has 45 heavy (non-hydrogen) atoms. The number of benzene rings is 3. The molecule has 0 unspecified atom stereocenters. The topological polar surface area (TPSA) is 48.6 Å². The Morgan fingerprint density at radius 1 is 1.04 bits per heavy atom. The van der Waals surface area contributed by atoms with Gasteiger partial charge < -0.3 is 14.0 Å². The van der Waals surface area contributed by atoms with Gasteiger partial charge in [-0.05, 0) is 59.8 Å². The van der Waals surface area contributed by atoms with Gasteiger partial charge in [0.25, 0.3) is 0 Å². The molecule has 2 aromatic heterocycles. The quantitative estimate of drug-likeness (QED) is 0.171. The van der Waals surface area contributed by atoms with E-state index in [1.54, 1.807) is 6.92 Å². The van der Waals surface area contributed by atoms with Crippen molar-refractivity contribution < 1.29 is 34.7 Å². The van der Waals surface area contributed by atoms with Crippen molar-refractivity contribution in [2.45, 2.75) is 91.5 Å². The average molecular weight is 782 g/mol. The molecule has 1 atom stereocenters. The van der Waals surface area contributed by atoms with E-state index in [-0.39, 0.29) is 50.3 Å². The number of aromatic nitrogens is 2. The van der Waals surface area contributed by atoms with Crippen molar-refractivity contribution in [2.24, 2.45) is 4.99 Å². The second-order valence-electron chi connectivity index (χ2n) is 14.5. The monoisotopic (exact) mass is 781 g/mol. The summed E-state index contributed by atoms with van der Waals surface area (Å²) in [7, 11) is 0. The molecule has 0 amide bonds. The number of nitrogens with zero attached hydrogens (tertiary/aromatic N) is 3. The molecule has 3 aromatic carbocycles.